The molecule has 5 rings (SSSR count). The summed E-state index contributed by atoms with van der Waals surface area (Å²) in [7, 11) is 0. The van der Waals surface area contributed by atoms with Crippen molar-refractivity contribution in [2.75, 3.05) is 19.6 Å². The van der Waals surface area contributed by atoms with E-state index in [2.05, 4.69) is 15.5 Å². The molecule has 0 bridgehead atoms. The van der Waals surface area contributed by atoms with Crippen molar-refractivity contribution in [2.24, 2.45) is 5.92 Å². The van der Waals surface area contributed by atoms with E-state index in [1.165, 1.54) is 32.1 Å². The molecule has 4 heterocycles. The molecule has 3 atom stereocenters. The molecule has 3 unspecified atom stereocenters. The Morgan fingerprint density at radius 3 is 2.56 bits per heavy atom. The minimum Gasteiger partial charge on any atom is -0.316 e. The molecule has 0 spiro atoms. The third-order valence-electron chi connectivity index (χ3n) is 7.43. The van der Waals surface area contributed by atoms with Gasteiger partial charge in [0.15, 0.2) is 0 Å². The van der Waals surface area contributed by atoms with Crippen LogP contribution in [0.25, 0.3) is 0 Å². The smallest absolute Gasteiger partial charge is 0.262 e. The second-order valence-electron chi connectivity index (χ2n) is 9.47. The Bertz CT molecular complexity index is 955. The summed E-state index contributed by atoms with van der Waals surface area (Å²) in [6, 6.07) is 5.10. The SMILES string of the molecule is O=C1CCC(N2C(=O)c3ccc(CN4CCCCC4C4CCCNC4)cc3C2=O)C(=O)N1. The molecule has 0 saturated carbocycles. The highest BCUT2D eigenvalue weighted by molar-refractivity contribution is 6.23. The van der Waals surface area contributed by atoms with Gasteiger partial charge in [-0.3, -0.25) is 34.3 Å². The Morgan fingerprint density at radius 1 is 0.938 bits per heavy atom. The van der Waals surface area contributed by atoms with Crippen LogP contribution in [0.1, 0.15) is 71.2 Å². The first-order valence-corrected chi connectivity index (χ1v) is 11.8. The molecule has 8 heteroatoms. The first-order chi connectivity index (χ1) is 15.5. The van der Waals surface area contributed by atoms with E-state index >= 15 is 0 Å². The topological polar surface area (TPSA) is 98.8 Å². The van der Waals surface area contributed by atoms with Gasteiger partial charge in [-0.1, -0.05) is 12.5 Å². The first-order valence-electron chi connectivity index (χ1n) is 11.8. The van der Waals surface area contributed by atoms with E-state index in [-0.39, 0.29) is 18.7 Å². The number of amides is 4. The summed E-state index contributed by atoms with van der Waals surface area (Å²) in [6.07, 6.45) is 6.43. The lowest BCUT2D eigenvalue weighted by Crippen LogP contribution is -2.54. The maximum Gasteiger partial charge on any atom is 0.262 e. The van der Waals surface area contributed by atoms with Gasteiger partial charge in [0.25, 0.3) is 11.8 Å². The molecule has 1 aromatic rings. The van der Waals surface area contributed by atoms with Crippen LogP contribution in [0.3, 0.4) is 0 Å². The molecule has 1 aromatic carbocycles. The number of imide groups is 2. The number of carbonyl (C=O) groups is 4. The predicted octanol–water partition coefficient (Wildman–Crippen LogP) is 1.44. The zero-order valence-corrected chi connectivity index (χ0v) is 18.3. The zero-order valence-electron chi connectivity index (χ0n) is 18.3. The number of nitrogens with one attached hydrogen (secondary N) is 2. The van der Waals surface area contributed by atoms with Crippen molar-refractivity contribution in [3.8, 4) is 0 Å². The van der Waals surface area contributed by atoms with Gasteiger partial charge in [-0.2, -0.15) is 0 Å². The molecule has 0 radical (unpaired) electrons. The van der Waals surface area contributed by atoms with Crippen molar-refractivity contribution in [3.05, 3.63) is 34.9 Å². The Balaban J connectivity index is 1.34. The van der Waals surface area contributed by atoms with Crippen molar-refractivity contribution in [2.45, 2.75) is 63.6 Å². The number of rotatable bonds is 4. The van der Waals surface area contributed by atoms with Gasteiger partial charge < -0.3 is 5.32 Å². The third kappa shape index (κ3) is 3.86. The standard InChI is InChI=1S/C24H30N4O4/c29-21-9-8-20(22(30)26-21)28-23(31)17-7-6-15(12-18(17)24(28)32)14-27-11-2-1-5-19(27)16-4-3-10-25-13-16/h6-7,12,16,19-20,25H,1-5,8-11,13-14H2,(H,26,29,30). The average Bonchev–Trinajstić information content (AvgIpc) is 3.05. The molecule has 4 amide bonds. The number of piperidine rings is 3. The van der Waals surface area contributed by atoms with E-state index in [9.17, 15) is 19.2 Å². The van der Waals surface area contributed by atoms with Crippen LogP contribution >= 0.6 is 0 Å². The van der Waals surface area contributed by atoms with Gasteiger partial charge in [0.2, 0.25) is 11.8 Å². The molecule has 2 N–H and O–H groups in total. The van der Waals surface area contributed by atoms with Crippen molar-refractivity contribution >= 4 is 23.6 Å². The lowest BCUT2D eigenvalue weighted by molar-refractivity contribution is -0.136. The summed E-state index contributed by atoms with van der Waals surface area (Å²) in [6.45, 7) is 3.98. The van der Waals surface area contributed by atoms with Crippen LogP contribution in [0.5, 0.6) is 0 Å². The van der Waals surface area contributed by atoms with Gasteiger partial charge in [0.05, 0.1) is 11.1 Å². The minimum absolute atomic E-state index is 0.126. The highest BCUT2D eigenvalue weighted by Crippen LogP contribution is 2.31. The van der Waals surface area contributed by atoms with Crippen LogP contribution in [-0.2, 0) is 16.1 Å². The average molecular weight is 439 g/mol. The molecule has 0 aromatic heterocycles. The van der Waals surface area contributed by atoms with E-state index in [1.54, 1.807) is 6.07 Å². The monoisotopic (exact) mass is 438 g/mol. The molecule has 170 valence electrons. The molecule has 8 nitrogen and oxygen atoms in total. The maximum atomic E-state index is 13.1. The summed E-state index contributed by atoms with van der Waals surface area (Å²) < 4.78 is 0. The van der Waals surface area contributed by atoms with Gasteiger partial charge in [-0.25, -0.2) is 0 Å². The van der Waals surface area contributed by atoms with Crippen LogP contribution in [0.4, 0.5) is 0 Å². The maximum absolute atomic E-state index is 13.1. The number of fused-ring (bicyclic) bond motifs is 1. The van der Waals surface area contributed by atoms with Crippen LogP contribution in [0, 0.1) is 5.92 Å². The van der Waals surface area contributed by atoms with Crippen LogP contribution in [-0.4, -0.2) is 65.1 Å². The van der Waals surface area contributed by atoms with Crippen molar-refractivity contribution in [1.82, 2.24) is 20.4 Å². The number of benzene rings is 1. The Hall–Kier alpha value is -2.58. The van der Waals surface area contributed by atoms with Gasteiger partial charge in [-0.15, -0.1) is 0 Å². The van der Waals surface area contributed by atoms with Gasteiger partial charge in [-0.05, 0) is 75.4 Å². The summed E-state index contributed by atoms with van der Waals surface area (Å²) >= 11 is 0. The number of hydrogen-bond acceptors (Lipinski definition) is 6. The fourth-order valence-corrected chi connectivity index (χ4v) is 5.81. The fourth-order valence-electron chi connectivity index (χ4n) is 5.81. The lowest BCUT2D eigenvalue weighted by Gasteiger charge is -2.42. The molecule has 32 heavy (non-hydrogen) atoms. The quantitative estimate of drug-likeness (QED) is 0.691. The summed E-state index contributed by atoms with van der Waals surface area (Å²) in [5.74, 6) is -1.17. The van der Waals surface area contributed by atoms with E-state index < -0.39 is 23.8 Å². The van der Waals surface area contributed by atoms with E-state index in [1.807, 2.05) is 12.1 Å². The molecule has 3 fully saturated rings. The molecular weight excluding hydrogens is 408 g/mol. The number of carbonyl (C=O) groups excluding carboxylic acids is 4. The summed E-state index contributed by atoms with van der Waals surface area (Å²) in [4.78, 5) is 53.3. The summed E-state index contributed by atoms with van der Waals surface area (Å²) in [5, 5.41) is 5.78. The van der Waals surface area contributed by atoms with Crippen molar-refractivity contribution in [3.63, 3.8) is 0 Å². The zero-order chi connectivity index (χ0) is 22.2. The number of nitrogens with zero attached hydrogens (tertiary/aromatic N) is 2. The first kappa shape index (κ1) is 21.3. The molecule has 4 aliphatic rings. The van der Waals surface area contributed by atoms with Gasteiger partial charge >= 0.3 is 0 Å². The number of likely N-dealkylation sites (tertiary alicyclic amines) is 1. The number of hydrogen-bond donors (Lipinski definition) is 2. The highest BCUT2D eigenvalue weighted by atomic mass is 16.2. The highest BCUT2D eigenvalue weighted by Gasteiger charge is 2.44. The van der Waals surface area contributed by atoms with Gasteiger partial charge in [0.1, 0.15) is 6.04 Å². The van der Waals surface area contributed by atoms with Crippen LogP contribution < -0.4 is 10.6 Å². The summed E-state index contributed by atoms with van der Waals surface area (Å²) in [5.41, 5.74) is 1.73. The largest absolute Gasteiger partial charge is 0.316 e. The molecule has 3 saturated heterocycles. The Morgan fingerprint density at radius 2 is 1.78 bits per heavy atom. The van der Waals surface area contributed by atoms with Crippen molar-refractivity contribution in [1.29, 1.82) is 0 Å². The van der Waals surface area contributed by atoms with Crippen molar-refractivity contribution < 1.29 is 19.2 Å². The Kier molecular flexibility index (Phi) is 5.82. The van der Waals surface area contributed by atoms with E-state index in [0.29, 0.717) is 23.1 Å². The van der Waals surface area contributed by atoms with Crippen LogP contribution in [0.15, 0.2) is 18.2 Å². The minimum atomic E-state index is -0.922. The lowest BCUT2D eigenvalue weighted by atomic mass is 9.85. The van der Waals surface area contributed by atoms with E-state index in [4.69, 9.17) is 0 Å². The van der Waals surface area contributed by atoms with Gasteiger partial charge in [0, 0.05) is 19.0 Å². The molecule has 0 aliphatic carbocycles. The molecule has 4 aliphatic heterocycles. The second-order valence-corrected chi connectivity index (χ2v) is 9.47. The second kappa shape index (κ2) is 8.75. The normalized spacial score (nSPS) is 29.2. The Labute approximate surface area is 187 Å². The fraction of sp³-hybridized carbons (Fsp3) is 0.583. The van der Waals surface area contributed by atoms with E-state index in [0.717, 1.165) is 36.6 Å². The predicted molar refractivity (Wildman–Crippen MR) is 117 cm³/mol. The third-order valence-corrected chi connectivity index (χ3v) is 7.43. The molecular formula is C24H30N4O4. The van der Waals surface area contributed by atoms with Crippen LogP contribution in [0.2, 0.25) is 0 Å².